The summed E-state index contributed by atoms with van der Waals surface area (Å²) in [6, 6.07) is 1.87. The fourth-order valence-corrected chi connectivity index (χ4v) is 1.74. The smallest absolute Gasteiger partial charge is 0.224 e. The maximum Gasteiger partial charge on any atom is 0.224 e. The molecule has 2 rings (SSSR count). The van der Waals surface area contributed by atoms with Crippen molar-refractivity contribution >= 4 is 17.5 Å². The summed E-state index contributed by atoms with van der Waals surface area (Å²) in [5.41, 5.74) is 2.55. The molecule has 1 N–H and O–H groups in total. The number of halogens is 1. The zero-order valence-electron chi connectivity index (χ0n) is 10.2. The second-order valence-corrected chi connectivity index (χ2v) is 4.22. The van der Waals surface area contributed by atoms with Crippen LogP contribution in [-0.4, -0.2) is 26.8 Å². The summed E-state index contributed by atoms with van der Waals surface area (Å²) in [4.78, 5) is 8.60. The fourth-order valence-electron chi connectivity index (χ4n) is 1.62. The third-order valence-electron chi connectivity index (χ3n) is 2.48. The van der Waals surface area contributed by atoms with E-state index in [2.05, 4.69) is 20.4 Å². The van der Waals surface area contributed by atoms with E-state index in [9.17, 15) is 0 Å². The maximum atomic E-state index is 6.12. The van der Waals surface area contributed by atoms with Gasteiger partial charge in [0.1, 0.15) is 0 Å². The van der Waals surface area contributed by atoms with E-state index in [0.29, 0.717) is 16.8 Å². The zero-order chi connectivity index (χ0) is 12.6. The summed E-state index contributed by atoms with van der Waals surface area (Å²) < 4.78 is 1.73. The molecule has 0 atom stereocenters. The molecule has 0 saturated heterocycles. The minimum absolute atomic E-state index is 0.573. The van der Waals surface area contributed by atoms with Crippen LogP contribution in [-0.2, 0) is 0 Å². The summed E-state index contributed by atoms with van der Waals surface area (Å²) in [5.74, 6) is 1.29. The highest BCUT2D eigenvalue weighted by Gasteiger charge is 2.12. The topological polar surface area (TPSA) is 55.6 Å². The first kappa shape index (κ1) is 11.9. The van der Waals surface area contributed by atoms with Crippen molar-refractivity contribution in [3.63, 3.8) is 0 Å². The van der Waals surface area contributed by atoms with Gasteiger partial charge in [-0.3, -0.25) is 0 Å². The van der Waals surface area contributed by atoms with Crippen molar-refractivity contribution in [2.75, 3.05) is 12.4 Å². The minimum atomic E-state index is 0.573. The number of aryl methyl sites for hydroxylation is 2. The van der Waals surface area contributed by atoms with Crippen molar-refractivity contribution in [3.05, 3.63) is 28.2 Å². The van der Waals surface area contributed by atoms with Gasteiger partial charge in [-0.25, -0.2) is 9.67 Å². The molecule has 0 radical (unpaired) electrons. The molecule has 0 unspecified atom stereocenters. The van der Waals surface area contributed by atoms with Gasteiger partial charge in [0.05, 0.1) is 16.4 Å². The van der Waals surface area contributed by atoms with E-state index in [0.717, 1.165) is 17.1 Å². The molecule has 0 saturated carbocycles. The van der Waals surface area contributed by atoms with Crippen molar-refractivity contribution in [1.29, 1.82) is 0 Å². The van der Waals surface area contributed by atoms with Gasteiger partial charge in [0, 0.05) is 18.8 Å². The average molecular weight is 252 g/mol. The molecule has 6 heteroatoms. The number of nitrogens with zero attached hydrogens (tertiary/aromatic N) is 4. The van der Waals surface area contributed by atoms with Crippen LogP contribution in [0.15, 0.2) is 6.07 Å². The third-order valence-corrected chi connectivity index (χ3v) is 3.03. The quantitative estimate of drug-likeness (QED) is 0.890. The summed E-state index contributed by atoms with van der Waals surface area (Å²) in [6.45, 7) is 5.71. The standard InChI is InChI=1S/C11H14ClN5/c1-6-5-9(15-11(13-4)14-6)17-8(3)10(12)7(2)16-17/h5H,1-4H3,(H,13,14,15). The molecule has 2 aromatic rings. The Bertz CT molecular complexity index is 561. The Morgan fingerprint density at radius 1 is 1.24 bits per heavy atom. The van der Waals surface area contributed by atoms with Crippen molar-refractivity contribution in [2.45, 2.75) is 20.8 Å². The first-order valence-corrected chi connectivity index (χ1v) is 5.66. The highest BCUT2D eigenvalue weighted by molar-refractivity contribution is 6.31. The summed E-state index contributed by atoms with van der Waals surface area (Å²) in [6.07, 6.45) is 0. The predicted molar refractivity (Wildman–Crippen MR) is 67.9 cm³/mol. The van der Waals surface area contributed by atoms with Crippen molar-refractivity contribution < 1.29 is 0 Å². The molecule has 2 aromatic heterocycles. The van der Waals surface area contributed by atoms with Gasteiger partial charge < -0.3 is 5.32 Å². The lowest BCUT2D eigenvalue weighted by molar-refractivity contribution is 0.799. The average Bonchev–Trinajstić information content (AvgIpc) is 2.56. The van der Waals surface area contributed by atoms with Crippen LogP contribution in [0.25, 0.3) is 5.82 Å². The number of hydrogen-bond donors (Lipinski definition) is 1. The van der Waals surface area contributed by atoms with Gasteiger partial charge in [0.25, 0.3) is 0 Å². The van der Waals surface area contributed by atoms with Gasteiger partial charge in [0.2, 0.25) is 5.95 Å². The van der Waals surface area contributed by atoms with Gasteiger partial charge in [-0.2, -0.15) is 10.1 Å². The Morgan fingerprint density at radius 2 is 1.94 bits per heavy atom. The van der Waals surface area contributed by atoms with Gasteiger partial charge in [-0.15, -0.1) is 0 Å². The van der Waals surface area contributed by atoms with E-state index in [4.69, 9.17) is 11.6 Å². The number of rotatable bonds is 2. The van der Waals surface area contributed by atoms with Gasteiger partial charge in [-0.1, -0.05) is 11.6 Å². The van der Waals surface area contributed by atoms with Crippen LogP contribution >= 0.6 is 11.6 Å². The van der Waals surface area contributed by atoms with E-state index in [1.165, 1.54) is 0 Å². The lowest BCUT2D eigenvalue weighted by atomic mass is 10.4. The molecule has 90 valence electrons. The lowest BCUT2D eigenvalue weighted by Crippen LogP contribution is -2.06. The number of hydrogen-bond acceptors (Lipinski definition) is 4. The molecule has 0 bridgehead atoms. The molecule has 0 aliphatic carbocycles. The van der Waals surface area contributed by atoms with E-state index in [1.807, 2.05) is 26.8 Å². The van der Waals surface area contributed by atoms with Gasteiger partial charge in [0.15, 0.2) is 5.82 Å². The monoisotopic (exact) mass is 251 g/mol. The molecule has 5 nitrogen and oxygen atoms in total. The molecule has 0 aliphatic heterocycles. The second kappa shape index (κ2) is 4.33. The minimum Gasteiger partial charge on any atom is -0.357 e. The Morgan fingerprint density at radius 3 is 2.47 bits per heavy atom. The Balaban J connectivity index is 2.59. The molecular weight excluding hydrogens is 238 g/mol. The lowest BCUT2D eigenvalue weighted by Gasteiger charge is -2.06. The molecule has 2 heterocycles. The summed E-state index contributed by atoms with van der Waals surface area (Å²) >= 11 is 6.12. The summed E-state index contributed by atoms with van der Waals surface area (Å²) in [5, 5.41) is 7.96. The normalized spacial score (nSPS) is 10.6. The molecular formula is C11H14ClN5. The van der Waals surface area contributed by atoms with Crippen molar-refractivity contribution in [3.8, 4) is 5.82 Å². The van der Waals surface area contributed by atoms with Crippen LogP contribution in [0, 0.1) is 20.8 Å². The fraction of sp³-hybridized carbons (Fsp3) is 0.364. The highest BCUT2D eigenvalue weighted by atomic mass is 35.5. The maximum absolute atomic E-state index is 6.12. The number of anilines is 1. The van der Waals surface area contributed by atoms with Crippen LogP contribution in [0.2, 0.25) is 5.02 Å². The predicted octanol–water partition coefficient (Wildman–Crippen LogP) is 2.28. The molecule has 17 heavy (non-hydrogen) atoms. The van der Waals surface area contributed by atoms with Crippen LogP contribution in [0.4, 0.5) is 5.95 Å². The largest absolute Gasteiger partial charge is 0.357 e. The molecule has 0 aliphatic rings. The van der Waals surface area contributed by atoms with Crippen molar-refractivity contribution in [2.24, 2.45) is 0 Å². The van der Waals surface area contributed by atoms with Crippen LogP contribution in [0.5, 0.6) is 0 Å². The van der Waals surface area contributed by atoms with Gasteiger partial charge >= 0.3 is 0 Å². The Labute approximate surface area is 105 Å². The summed E-state index contributed by atoms with van der Waals surface area (Å²) in [7, 11) is 1.78. The van der Waals surface area contributed by atoms with Crippen LogP contribution < -0.4 is 5.32 Å². The highest BCUT2D eigenvalue weighted by Crippen LogP contribution is 2.22. The molecule has 0 spiro atoms. The first-order valence-electron chi connectivity index (χ1n) is 5.28. The molecule has 0 amide bonds. The third kappa shape index (κ3) is 2.10. The SMILES string of the molecule is CNc1nc(C)cc(-n2nc(C)c(Cl)c2C)n1. The van der Waals surface area contributed by atoms with Gasteiger partial charge in [-0.05, 0) is 20.8 Å². The van der Waals surface area contributed by atoms with Crippen LogP contribution in [0.1, 0.15) is 17.1 Å². The molecule has 0 aromatic carbocycles. The van der Waals surface area contributed by atoms with E-state index < -0.39 is 0 Å². The van der Waals surface area contributed by atoms with E-state index >= 15 is 0 Å². The van der Waals surface area contributed by atoms with E-state index in [-0.39, 0.29) is 0 Å². The zero-order valence-corrected chi connectivity index (χ0v) is 11.0. The van der Waals surface area contributed by atoms with Crippen LogP contribution in [0.3, 0.4) is 0 Å². The first-order chi connectivity index (χ1) is 8.02. The second-order valence-electron chi connectivity index (χ2n) is 3.84. The number of nitrogens with one attached hydrogen (secondary N) is 1. The van der Waals surface area contributed by atoms with Crippen molar-refractivity contribution in [1.82, 2.24) is 19.7 Å². The molecule has 0 fully saturated rings. The van der Waals surface area contributed by atoms with E-state index in [1.54, 1.807) is 11.7 Å². The number of aromatic nitrogens is 4. The Hall–Kier alpha value is -1.62. The Kier molecular flexibility index (Phi) is 3.02.